The zero-order valence-electron chi connectivity index (χ0n) is 6.89. The van der Waals surface area contributed by atoms with Crippen LogP contribution in [0.4, 0.5) is 0 Å². The molecule has 1 N–H and O–H groups in total. The molecular weight excluding hydrogens is 158 g/mol. The van der Waals surface area contributed by atoms with Crippen LogP contribution in [0.3, 0.4) is 0 Å². The smallest absolute Gasteiger partial charge is 0.0572 e. The molecule has 0 fully saturated rings. The maximum Gasteiger partial charge on any atom is 0.0572 e. The fourth-order valence-electron chi connectivity index (χ4n) is 0.975. The predicted molar refractivity (Wildman–Crippen MR) is 47.5 cm³/mol. The molecule has 0 aromatic carbocycles. The summed E-state index contributed by atoms with van der Waals surface area (Å²) in [5.41, 5.74) is 4.25. The van der Waals surface area contributed by atoms with Crippen molar-refractivity contribution >= 4 is 11.3 Å². The van der Waals surface area contributed by atoms with Gasteiger partial charge in [-0.1, -0.05) is 6.92 Å². The van der Waals surface area contributed by atoms with Crippen LogP contribution in [0.25, 0.3) is 0 Å². The predicted octanol–water partition coefficient (Wildman–Crippen LogP) is 1.96. The number of hydrogen-bond donors (Lipinski definition) is 1. The topological polar surface area (TPSA) is 21.3 Å². The van der Waals surface area contributed by atoms with Gasteiger partial charge in [-0.3, -0.25) is 0 Å². The van der Waals surface area contributed by atoms with Gasteiger partial charge in [-0.05, 0) is 23.4 Å². The second kappa shape index (κ2) is 4.49. The van der Waals surface area contributed by atoms with Crippen LogP contribution in [0, 0.1) is 0 Å². The second-order valence-corrected chi connectivity index (χ2v) is 3.25. The fourth-order valence-corrected chi connectivity index (χ4v) is 1.88. The molecule has 0 atom stereocenters. The standard InChI is InChI=1S/C8H13NOS/c1-3-7-4-5-11-8(7)6-9-10-2/h4-5,9H,3,6H2,1-2H3. The van der Waals surface area contributed by atoms with Gasteiger partial charge in [0.15, 0.2) is 0 Å². The van der Waals surface area contributed by atoms with Gasteiger partial charge >= 0.3 is 0 Å². The van der Waals surface area contributed by atoms with Crippen molar-refractivity contribution in [3.63, 3.8) is 0 Å². The van der Waals surface area contributed by atoms with Gasteiger partial charge in [0.1, 0.15) is 0 Å². The van der Waals surface area contributed by atoms with Gasteiger partial charge in [0, 0.05) is 4.88 Å². The molecule has 3 heteroatoms. The third kappa shape index (κ3) is 2.29. The summed E-state index contributed by atoms with van der Waals surface area (Å²) in [6, 6.07) is 2.16. The van der Waals surface area contributed by atoms with Crippen LogP contribution in [0.5, 0.6) is 0 Å². The van der Waals surface area contributed by atoms with Gasteiger partial charge in [-0.25, -0.2) is 0 Å². The summed E-state index contributed by atoms with van der Waals surface area (Å²) in [5, 5.41) is 2.12. The van der Waals surface area contributed by atoms with E-state index in [2.05, 4.69) is 23.9 Å². The number of thiophene rings is 1. The zero-order chi connectivity index (χ0) is 8.10. The molecule has 1 aromatic heterocycles. The fraction of sp³-hybridized carbons (Fsp3) is 0.500. The highest BCUT2D eigenvalue weighted by Crippen LogP contribution is 2.16. The lowest BCUT2D eigenvalue weighted by Crippen LogP contribution is -2.10. The molecule has 2 nitrogen and oxygen atoms in total. The highest BCUT2D eigenvalue weighted by Gasteiger charge is 2.00. The summed E-state index contributed by atoms with van der Waals surface area (Å²) >= 11 is 1.77. The molecule has 0 saturated carbocycles. The molecule has 0 aliphatic rings. The number of rotatable bonds is 4. The average molecular weight is 171 g/mol. The SMILES string of the molecule is CCc1ccsc1CNOC. The van der Waals surface area contributed by atoms with Gasteiger partial charge < -0.3 is 4.84 Å². The van der Waals surface area contributed by atoms with E-state index in [-0.39, 0.29) is 0 Å². The summed E-state index contributed by atoms with van der Waals surface area (Å²) in [4.78, 5) is 6.14. The van der Waals surface area contributed by atoms with Crippen LogP contribution in [0.2, 0.25) is 0 Å². The van der Waals surface area contributed by atoms with E-state index in [1.807, 2.05) is 0 Å². The lowest BCUT2D eigenvalue weighted by atomic mass is 10.2. The summed E-state index contributed by atoms with van der Waals surface area (Å²) in [5.74, 6) is 0. The molecule has 1 heterocycles. The molecule has 0 unspecified atom stereocenters. The molecule has 0 saturated heterocycles. The van der Waals surface area contributed by atoms with Gasteiger partial charge in [-0.2, -0.15) is 5.48 Å². The Morgan fingerprint density at radius 2 is 2.45 bits per heavy atom. The maximum atomic E-state index is 4.77. The first-order chi connectivity index (χ1) is 5.38. The molecule has 0 aliphatic heterocycles. The molecule has 0 amide bonds. The third-order valence-corrected chi connectivity index (χ3v) is 2.56. The highest BCUT2D eigenvalue weighted by molar-refractivity contribution is 7.10. The van der Waals surface area contributed by atoms with Gasteiger partial charge in [-0.15, -0.1) is 11.3 Å². The Bertz CT molecular complexity index is 210. The Hall–Kier alpha value is -0.380. The summed E-state index contributed by atoms with van der Waals surface area (Å²) in [6.07, 6.45) is 1.10. The van der Waals surface area contributed by atoms with Crippen LogP contribution in [0.1, 0.15) is 17.4 Å². The Morgan fingerprint density at radius 1 is 1.64 bits per heavy atom. The largest absolute Gasteiger partial charge is 0.305 e. The van der Waals surface area contributed by atoms with Crippen molar-refractivity contribution < 1.29 is 4.84 Å². The first-order valence-electron chi connectivity index (χ1n) is 3.69. The van der Waals surface area contributed by atoms with Gasteiger partial charge in [0.2, 0.25) is 0 Å². The van der Waals surface area contributed by atoms with Crippen molar-refractivity contribution in [3.05, 3.63) is 21.9 Å². The lowest BCUT2D eigenvalue weighted by molar-refractivity contribution is 0.0873. The highest BCUT2D eigenvalue weighted by atomic mass is 32.1. The zero-order valence-corrected chi connectivity index (χ0v) is 7.70. The van der Waals surface area contributed by atoms with Crippen LogP contribution in [-0.4, -0.2) is 7.11 Å². The number of aryl methyl sites for hydroxylation is 1. The lowest BCUT2D eigenvalue weighted by Gasteiger charge is -2.00. The number of hydroxylamine groups is 1. The number of nitrogens with one attached hydrogen (secondary N) is 1. The Kier molecular flexibility index (Phi) is 3.56. The Balaban J connectivity index is 2.54. The van der Waals surface area contributed by atoms with E-state index in [1.54, 1.807) is 18.4 Å². The van der Waals surface area contributed by atoms with E-state index >= 15 is 0 Å². The summed E-state index contributed by atoms with van der Waals surface area (Å²) in [7, 11) is 1.64. The van der Waals surface area contributed by atoms with Crippen molar-refractivity contribution in [2.24, 2.45) is 0 Å². The van der Waals surface area contributed by atoms with E-state index < -0.39 is 0 Å². The number of hydrogen-bond acceptors (Lipinski definition) is 3. The molecular formula is C8H13NOS. The molecule has 62 valence electrons. The van der Waals surface area contributed by atoms with Gasteiger partial charge in [0.05, 0.1) is 13.7 Å². The minimum absolute atomic E-state index is 0.817. The second-order valence-electron chi connectivity index (χ2n) is 2.25. The van der Waals surface area contributed by atoms with E-state index in [0.717, 1.165) is 13.0 Å². The molecule has 0 radical (unpaired) electrons. The van der Waals surface area contributed by atoms with Crippen LogP contribution < -0.4 is 5.48 Å². The molecule has 11 heavy (non-hydrogen) atoms. The third-order valence-electron chi connectivity index (χ3n) is 1.60. The molecule has 0 bridgehead atoms. The minimum atomic E-state index is 0.817. The normalized spacial score (nSPS) is 10.4. The summed E-state index contributed by atoms with van der Waals surface area (Å²) < 4.78 is 0. The minimum Gasteiger partial charge on any atom is -0.305 e. The molecule has 0 aliphatic carbocycles. The first kappa shape index (κ1) is 8.71. The Labute approximate surface area is 71.1 Å². The van der Waals surface area contributed by atoms with Crippen molar-refractivity contribution in [3.8, 4) is 0 Å². The van der Waals surface area contributed by atoms with Crippen molar-refractivity contribution in [2.45, 2.75) is 19.9 Å². The quantitative estimate of drug-likeness (QED) is 0.699. The van der Waals surface area contributed by atoms with Gasteiger partial charge in [0.25, 0.3) is 0 Å². The Morgan fingerprint density at radius 3 is 3.09 bits per heavy atom. The molecule has 1 rings (SSSR count). The monoisotopic (exact) mass is 171 g/mol. The van der Waals surface area contributed by atoms with E-state index in [1.165, 1.54) is 10.4 Å². The first-order valence-corrected chi connectivity index (χ1v) is 4.57. The average Bonchev–Trinajstić information content (AvgIpc) is 2.47. The van der Waals surface area contributed by atoms with E-state index in [0.29, 0.717) is 0 Å². The van der Waals surface area contributed by atoms with Crippen LogP contribution in [-0.2, 0) is 17.8 Å². The van der Waals surface area contributed by atoms with Crippen LogP contribution >= 0.6 is 11.3 Å². The van der Waals surface area contributed by atoms with Crippen molar-refractivity contribution in [2.75, 3.05) is 7.11 Å². The molecule has 1 aromatic rings. The maximum absolute atomic E-state index is 4.77. The van der Waals surface area contributed by atoms with Crippen LogP contribution in [0.15, 0.2) is 11.4 Å². The molecule has 0 spiro atoms. The van der Waals surface area contributed by atoms with Crippen molar-refractivity contribution in [1.82, 2.24) is 5.48 Å². The van der Waals surface area contributed by atoms with E-state index in [4.69, 9.17) is 4.84 Å². The summed E-state index contributed by atoms with van der Waals surface area (Å²) in [6.45, 7) is 2.98. The van der Waals surface area contributed by atoms with Crippen molar-refractivity contribution in [1.29, 1.82) is 0 Å². The van der Waals surface area contributed by atoms with E-state index in [9.17, 15) is 0 Å².